The number of carbonyl (C=O) groups excluding carboxylic acids is 1. The normalized spacial score (nSPS) is 19.2. The Labute approximate surface area is 197 Å². The van der Waals surface area contributed by atoms with E-state index in [0.717, 1.165) is 35.2 Å². The molecular weight excluding hydrogens is 432 g/mol. The lowest BCUT2D eigenvalue weighted by Crippen LogP contribution is -2.43. The van der Waals surface area contributed by atoms with Gasteiger partial charge in [0, 0.05) is 24.6 Å². The van der Waals surface area contributed by atoms with Gasteiger partial charge in [-0.3, -0.25) is 4.79 Å². The van der Waals surface area contributed by atoms with Gasteiger partial charge in [-0.15, -0.1) is 0 Å². The van der Waals surface area contributed by atoms with Crippen molar-refractivity contribution >= 4 is 16.9 Å². The third-order valence-corrected chi connectivity index (χ3v) is 6.57. The third kappa shape index (κ3) is 3.99. The molecule has 2 saturated heterocycles. The van der Waals surface area contributed by atoms with Gasteiger partial charge in [0.05, 0.1) is 42.3 Å². The minimum Gasteiger partial charge on any atom is -0.467 e. The SMILES string of the molecule is O=C(c1cc(-c2ccccc2)nc2c1cnn2Cc1ccco1)N1CCCC(C2OCCO2)C1. The van der Waals surface area contributed by atoms with Gasteiger partial charge in [-0.25, -0.2) is 9.67 Å². The number of ether oxygens (including phenoxy) is 2. The molecular formula is C26H26N4O4. The van der Waals surface area contributed by atoms with Crippen molar-refractivity contribution < 1.29 is 18.7 Å². The average Bonchev–Trinajstić information content (AvgIpc) is 3.67. The summed E-state index contributed by atoms with van der Waals surface area (Å²) < 4.78 is 18.8. The first-order valence-electron chi connectivity index (χ1n) is 11.7. The number of fused-ring (bicyclic) bond motifs is 1. The van der Waals surface area contributed by atoms with E-state index in [9.17, 15) is 4.79 Å². The number of carbonyl (C=O) groups is 1. The molecule has 0 aliphatic carbocycles. The Balaban J connectivity index is 1.39. The molecule has 4 aromatic rings. The summed E-state index contributed by atoms with van der Waals surface area (Å²) in [7, 11) is 0. The smallest absolute Gasteiger partial charge is 0.254 e. The van der Waals surface area contributed by atoms with E-state index in [1.165, 1.54) is 0 Å². The van der Waals surface area contributed by atoms with Crippen LogP contribution in [0.5, 0.6) is 0 Å². The topological polar surface area (TPSA) is 82.6 Å². The molecule has 1 aromatic carbocycles. The monoisotopic (exact) mass is 458 g/mol. The van der Waals surface area contributed by atoms with Crippen LogP contribution < -0.4 is 0 Å². The Morgan fingerprint density at radius 2 is 1.94 bits per heavy atom. The van der Waals surface area contributed by atoms with Crippen molar-refractivity contribution in [2.45, 2.75) is 25.7 Å². The molecule has 2 fully saturated rings. The van der Waals surface area contributed by atoms with E-state index < -0.39 is 0 Å². The lowest BCUT2D eigenvalue weighted by molar-refractivity contribution is -0.0969. The summed E-state index contributed by atoms with van der Waals surface area (Å²) in [4.78, 5) is 20.7. The first-order chi connectivity index (χ1) is 16.8. The van der Waals surface area contributed by atoms with Crippen LogP contribution in [0.2, 0.25) is 0 Å². The molecule has 0 N–H and O–H groups in total. The van der Waals surface area contributed by atoms with Gasteiger partial charge in [-0.05, 0) is 31.0 Å². The van der Waals surface area contributed by atoms with Crippen molar-refractivity contribution in [3.8, 4) is 11.3 Å². The summed E-state index contributed by atoms with van der Waals surface area (Å²) in [6.07, 6.45) is 5.08. The summed E-state index contributed by atoms with van der Waals surface area (Å²) >= 11 is 0. The fraction of sp³-hybridized carbons (Fsp3) is 0.346. The van der Waals surface area contributed by atoms with Crippen LogP contribution in [0.3, 0.4) is 0 Å². The van der Waals surface area contributed by atoms with Gasteiger partial charge >= 0.3 is 0 Å². The molecule has 2 aliphatic rings. The number of furan rings is 1. The highest BCUT2D eigenvalue weighted by Gasteiger charge is 2.34. The van der Waals surface area contributed by atoms with Crippen molar-refractivity contribution in [2.24, 2.45) is 5.92 Å². The van der Waals surface area contributed by atoms with Crippen LogP contribution in [-0.2, 0) is 16.0 Å². The van der Waals surface area contributed by atoms with E-state index in [2.05, 4.69) is 5.10 Å². The predicted octanol–water partition coefficient (Wildman–Crippen LogP) is 3.96. The maximum atomic E-state index is 13.8. The van der Waals surface area contributed by atoms with Gasteiger partial charge in [0.25, 0.3) is 5.91 Å². The molecule has 34 heavy (non-hydrogen) atoms. The van der Waals surface area contributed by atoms with E-state index in [1.54, 1.807) is 17.1 Å². The molecule has 1 atom stereocenters. The minimum atomic E-state index is -0.219. The molecule has 0 spiro atoms. The highest BCUT2D eigenvalue weighted by atomic mass is 16.7. The molecule has 0 radical (unpaired) electrons. The van der Waals surface area contributed by atoms with Crippen LogP contribution in [0.4, 0.5) is 0 Å². The lowest BCUT2D eigenvalue weighted by Gasteiger charge is -2.34. The molecule has 2 aliphatic heterocycles. The van der Waals surface area contributed by atoms with E-state index in [0.29, 0.717) is 44.1 Å². The van der Waals surface area contributed by atoms with Crippen LogP contribution in [0, 0.1) is 5.92 Å². The number of hydrogen-bond donors (Lipinski definition) is 0. The first-order valence-corrected chi connectivity index (χ1v) is 11.7. The summed E-state index contributed by atoms with van der Waals surface area (Å²) in [5.74, 6) is 0.956. The van der Waals surface area contributed by atoms with Gasteiger partial charge in [-0.2, -0.15) is 5.10 Å². The zero-order chi connectivity index (χ0) is 22.9. The van der Waals surface area contributed by atoms with Crippen molar-refractivity contribution in [3.05, 3.63) is 72.3 Å². The van der Waals surface area contributed by atoms with Gasteiger partial charge < -0.3 is 18.8 Å². The number of nitrogens with zero attached hydrogens (tertiary/aromatic N) is 4. The zero-order valence-electron chi connectivity index (χ0n) is 18.8. The molecule has 0 saturated carbocycles. The fourth-order valence-electron chi connectivity index (χ4n) is 4.88. The number of amides is 1. The number of piperidine rings is 1. The molecule has 5 heterocycles. The molecule has 0 bridgehead atoms. The second-order valence-electron chi connectivity index (χ2n) is 8.80. The summed E-state index contributed by atoms with van der Waals surface area (Å²) in [5, 5.41) is 5.30. The number of likely N-dealkylation sites (tertiary alicyclic amines) is 1. The minimum absolute atomic E-state index is 0.00942. The van der Waals surface area contributed by atoms with E-state index >= 15 is 0 Å². The van der Waals surface area contributed by atoms with Crippen LogP contribution in [-0.4, -0.2) is 58.2 Å². The third-order valence-electron chi connectivity index (χ3n) is 6.57. The van der Waals surface area contributed by atoms with Gasteiger partial charge in [0.15, 0.2) is 11.9 Å². The van der Waals surface area contributed by atoms with Crippen LogP contribution in [0.15, 0.2) is 65.4 Å². The summed E-state index contributed by atoms with van der Waals surface area (Å²) in [5.41, 5.74) is 2.97. The Hall–Kier alpha value is -3.49. The van der Waals surface area contributed by atoms with Crippen LogP contribution >= 0.6 is 0 Å². The number of aromatic nitrogens is 3. The van der Waals surface area contributed by atoms with Crippen molar-refractivity contribution in [1.82, 2.24) is 19.7 Å². The predicted molar refractivity (Wildman–Crippen MR) is 125 cm³/mol. The molecule has 8 heteroatoms. The summed E-state index contributed by atoms with van der Waals surface area (Å²) in [6.45, 7) is 3.02. The molecule has 1 unspecified atom stereocenters. The maximum Gasteiger partial charge on any atom is 0.254 e. The number of pyridine rings is 1. The van der Waals surface area contributed by atoms with Crippen LogP contribution in [0.1, 0.15) is 29.0 Å². The Morgan fingerprint density at radius 1 is 1.09 bits per heavy atom. The number of benzene rings is 1. The fourth-order valence-corrected chi connectivity index (χ4v) is 4.88. The molecule has 8 nitrogen and oxygen atoms in total. The number of rotatable bonds is 5. The Bertz CT molecular complexity index is 1280. The second kappa shape index (κ2) is 9.04. The Morgan fingerprint density at radius 3 is 2.74 bits per heavy atom. The van der Waals surface area contributed by atoms with E-state index in [-0.39, 0.29) is 18.1 Å². The largest absolute Gasteiger partial charge is 0.467 e. The molecule has 3 aromatic heterocycles. The highest BCUT2D eigenvalue weighted by Crippen LogP contribution is 2.30. The highest BCUT2D eigenvalue weighted by molar-refractivity contribution is 6.06. The van der Waals surface area contributed by atoms with Gasteiger partial charge in [0.2, 0.25) is 0 Å². The van der Waals surface area contributed by atoms with E-state index in [1.807, 2.05) is 53.4 Å². The molecule has 174 valence electrons. The van der Waals surface area contributed by atoms with E-state index in [4.69, 9.17) is 18.9 Å². The van der Waals surface area contributed by atoms with Crippen molar-refractivity contribution in [2.75, 3.05) is 26.3 Å². The zero-order valence-corrected chi connectivity index (χ0v) is 18.8. The first kappa shape index (κ1) is 21.1. The summed E-state index contributed by atoms with van der Waals surface area (Å²) in [6, 6.07) is 15.6. The second-order valence-corrected chi connectivity index (χ2v) is 8.80. The standard InChI is InChI=1S/C26H26N4O4/c31-25(29-10-4-8-19(16-29)26-33-12-13-34-26)21-14-23(18-6-2-1-3-7-18)28-24-22(21)15-27-30(24)17-20-9-5-11-32-20/h1-3,5-7,9,11,14-15,19,26H,4,8,10,12-13,16-17H2. The van der Waals surface area contributed by atoms with Crippen molar-refractivity contribution in [3.63, 3.8) is 0 Å². The van der Waals surface area contributed by atoms with Gasteiger partial charge in [-0.1, -0.05) is 30.3 Å². The molecule has 6 rings (SSSR count). The van der Waals surface area contributed by atoms with Crippen molar-refractivity contribution in [1.29, 1.82) is 0 Å². The quantitative estimate of drug-likeness (QED) is 0.450. The van der Waals surface area contributed by atoms with Gasteiger partial charge in [0.1, 0.15) is 12.3 Å². The average molecular weight is 459 g/mol. The van der Waals surface area contributed by atoms with Crippen LogP contribution in [0.25, 0.3) is 22.3 Å². The lowest BCUT2D eigenvalue weighted by atomic mass is 9.96. The maximum absolute atomic E-state index is 13.8. The number of hydrogen-bond acceptors (Lipinski definition) is 6. The Kier molecular flexibility index (Phi) is 5.60. The molecule has 1 amide bonds.